The Bertz CT molecular complexity index is 838. The van der Waals surface area contributed by atoms with Gasteiger partial charge in [-0.3, -0.25) is 14.5 Å². The molecule has 1 N–H and O–H groups in total. The second kappa shape index (κ2) is 8.01. The molecule has 2 aromatic carbocycles. The van der Waals surface area contributed by atoms with Crippen LogP contribution in [0.2, 0.25) is 0 Å². The number of benzene rings is 2. The summed E-state index contributed by atoms with van der Waals surface area (Å²) in [4.78, 5) is 26.7. The van der Waals surface area contributed by atoms with Crippen molar-refractivity contribution in [1.29, 1.82) is 0 Å². The molecule has 1 aliphatic rings. The lowest BCUT2D eigenvalue weighted by atomic mass is 9.94. The number of ether oxygens (including phenoxy) is 1. The Balaban J connectivity index is 1.75. The van der Waals surface area contributed by atoms with E-state index in [1.165, 1.54) is 7.11 Å². The van der Waals surface area contributed by atoms with Crippen molar-refractivity contribution in [3.63, 3.8) is 0 Å². The molecule has 0 saturated carbocycles. The maximum absolute atomic E-state index is 12.6. The summed E-state index contributed by atoms with van der Waals surface area (Å²) in [6.07, 6.45) is 0.549. The van der Waals surface area contributed by atoms with Crippen molar-refractivity contribution in [3.05, 3.63) is 63.6 Å². The van der Waals surface area contributed by atoms with Gasteiger partial charge in [0.1, 0.15) is 6.04 Å². The zero-order valence-electron chi connectivity index (χ0n) is 14.8. The van der Waals surface area contributed by atoms with Crippen molar-refractivity contribution >= 4 is 33.5 Å². The molecule has 1 heterocycles. The number of fused-ring (bicyclic) bond motifs is 1. The molecular formula is C20H21BrN2O3. The number of methoxy groups -OCH3 is 1. The first-order valence-electron chi connectivity index (χ1n) is 8.42. The van der Waals surface area contributed by atoms with E-state index in [9.17, 15) is 9.59 Å². The number of anilines is 1. The van der Waals surface area contributed by atoms with E-state index in [1.807, 2.05) is 54.3 Å². The first-order chi connectivity index (χ1) is 12.5. The Morgan fingerprint density at radius 2 is 1.96 bits per heavy atom. The van der Waals surface area contributed by atoms with Crippen LogP contribution < -0.4 is 5.32 Å². The summed E-state index contributed by atoms with van der Waals surface area (Å²) in [6.45, 7) is 2.61. The minimum atomic E-state index is -0.452. The van der Waals surface area contributed by atoms with Gasteiger partial charge in [0.15, 0.2) is 0 Å². The average Bonchev–Trinajstić information content (AvgIpc) is 2.63. The van der Waals surface area contributed by atoms with Crippen molar-refractivity contribution in [2.24, 2.45) is 0 Å². The number of carbonyl (C=O) groups is 2. The Morgan fingerprint density at radius 1 is 1.23 bits per heavy atom. The second-order valence-electron chi connectivity index (χ2n) is 6.42. The molecule has 1 aliphatic heterocycles. The maximum atomic E-state index is 12.6. The Labute approximate surface area is 161 Å². The van der Waals surface area contributed by atoms with Crippen LogP contribution in [-0.2, 0) is 27.3 Å². The summed E-state index contributed by atoms with van der Waals surface area (Å²) < 4.78 is 5.91. The van der Waals surface area contributed by atoms with Crippen LogP contribution in [0.5, 0.6) is 0 Å². The Morgan fingerprint density at radius 3 is 2.65 bits per heavy atom. The number of nitrogens with one attached hydrogen (secondary N) is 1. The summed E-state index contributed by atoms with van der Waals surface area (Å²) >= 11 is 3.42. The van der Waals surface area contributed by atoms with Crippen LogP contribution in [0.3, 0.4) is 0 Å². The van der Waals surface area contributed by atoms with Gasteiger partial charge in [0, 0.05) is 16.7 Å². The smallest absolute Gasteiger partial charge is 0.323 e. The van der Waals surface area contributed by atoms with Gasteiger partial charge in [-0.15, -0.1) is 0 Å². The molecule has 1 atom stereocenters. The van der Waals surface area contributed by atoms with Gasteiger partial charge >= 0.3 is 5.97 Å². The van der Waals surface area contributed by atoms with E-state index in [1.54, 1.807) is 0 Å². The number of carbonyl (C=O) groups excluding carboxylic acids is 2. The molecule has 5 nitrogen and oxygen atoms in total. The highest BCUT2D eigenvalue weighted by molar-refractivity contribution is 9.10. The number of rotatable bonds is 4. The van der Waals surface area contributed by atoms with Gasteiger partial charge in [-0.1, -0.05) is 40.2 Å². The highest BCUT2D eigenvalue weighted by Gasteiger charge is 2.33. The molecule has 0 radical (unpaired) electrons. The number of halogens is 1. The van der Waals surface area contributed by atoms with Gasteiger partial charge in [-0.25, -0.2) is 0 Å². The first-order valence-corrected chi connectivity index (χ1v) is 9.22. The fourth-order valence-electron chi connectivity index (χ4n) is 3.25. The van der Waals surface area contributed by atoms with Crippen LogP contribution in [0.1, 0.15) is 16.7 Å². The molecule has 0 spiro atoms. The van der Waals surface area contributed by atoms with E-state index in [0.29, 0.717) is 13.0 Å². The molecule has 0 aliphatic carbocycles. The Kier molecular flexibility index (Phi) is 5.74. The largest absolute Gasteiger partial charge is 0.468 e. The topological polar surface area (TPSA) is 58.6 Å². The molecule has 0 saturated heterocycles. The third kappa shape index (κ3) is 4.14. The summed E-state index contributed by atoms with van der Waals surface area (Å²) in [7, 11) is 1.38. The summed E-state index contributed by atoms with van der Waals surface area (Å²) in [5.41, 5.74) is 4.01. The average molecular weight is 417 g/mol. The minimum absolute atomic E-state index is 0.129. The van der Waals surface area contributed by atoms with E-state index in [4.69, 9.17) is 4.74 Å². The van der Waals surface area contributed by atoms with Gasteiger partial charge in [0.05, 0.1) is 13.7 Å². The van der Waals surface area contributed by atoms with E-state index in [0.717, 1.165) is 26.9 Å². The molecule has 0 unspecified atom stereocenters. The summed E-state index contributed by atoms with van der Waals surface area (Å²) in [5.74, 6) is -0.462. The molecule has 3 rings (SSSR count). The summed E-state index contributed by atoms with van der Waals surface area (Å²) in [5, 5.41) is 2.93. The fourth-order valence-corrected chi connectivity index (χ4v) is 3.73. The predicted molar refractivity (Wildman–Crippen MR) is 104 cm³/mol. The molecular weight excluding hydrogens is 396 g/mol. The standard InChI is InChI=1S/C20H21BrN2O3/c1-13-9-16(21)7-8-17(13)22-19(24)12-23-11-15-6-4-3-5-14(15)10-18(23)20(25)26-2/h3-9,18H,10-12H2,1-2H3,(H,22,24)/t18-/m0/s1. The molecule has 0 aromatic heterocycles. The SMILES string of the molecule is COC(=O)[C@@H]1Cc2ccccc2CN1CC(=O)Nc1ccc(Br)cc1C. The lowest BCUT2D eigenvalue weighted by Gasteiger charge is -2.34. The lowest BCUT2D eigenvalue weighted by molar-refractivity contribution is -0.148. The second-order valence-corrected chi connectivity index (χ2v) is 7.34. The number of nitrogens with zero attached hydrogens (tertiary/aromatic N) is 1. The molecule has 1 amide bonds. The highest BCUT2D eigenvalue weighted by atomic mass is 79.9. The molecule has 26 heavy (non-hydrogen) atoms. The normalized spacial score (nSPS) is 16.7. The third-order valence-corrected chi connectivity index (χ3v) is 5.12. The molecule has 136 valence electrons. The lowest BCUT2D eigenvalue weighted by Crippen LogP contribution is -2.49. The maximum Gasteiger partial charge on any atom is 0.323 e. The zero-order chi connectivity index (χ0) is 18.7. The van der Waals surface area contributed by atoms with Crippen molar-refractivity contribution in [1.82, 2.24) is 4.90 Å². The molecule has 6 heteroatoms. The van der Waals surface area contributed by atoms with Crippen molar-refractivity contribution in [2.45, 2.75) is 25.9 Å². The molecule has 0 bridgehead atoms. The number of esters is 1. The van der Waals surface area contributed by atoms with Gasteiger partial charge in [0.2, 0.25) is 5.91 Å². The van der Waals surface area contributed by atoms with E-state index >= 15 is 0 Å². The Hall–Kier alpha value is -2.18. The monoisotopic (exact) mass is 416 g/mol. The number of hydrogen-bond acceptors (Lipinski definition) is 4. The first kappa shape index (κ1) is 18.6. The van der Waals surface area contributed by atoms with Gasteiger partial charge in [0.25, 0.3) is 0 Å². The minimum Gasteiger partial charge on any atom is -0.468 e. The van der Waals surface area contributed by atoms with Crippen LogP contribution >= 0.6 is 15.9 Å². The van der Waals surface area contributed by atoms with Crippen LogP contribution in [-0.4, -0.2) is 36.5 Å². The van der Waals surface area contributed by atoms with E-state index in [2.05, 4.69) is 21.2 Å². The number of hydrogen-bond donors (Lipinski definition) is 1. The van der Waals surface area contributed by atoms with Crippen molar-refractivity contribution < 1.29 is 14.3 Å². The van der Waals surface area contributed by atoms with Crippen LogP contribution in [0, 0.1) is 6.92 Å². The molecule has 2 aromatic rings. The fraction of sp³-hybridized carbons (Fsp3) is 0.300. The predicted octanol–water partition coefficient (Wildman–Crippen LogP) is 3.30. The van der Waals surface area contributed by atoms with E-state index < -0.39 is 6.04 Å². The highest BCUT2D eigenvalue weighted by Crippen LogP contribution is 2.24. The quantitative estimate of drug-likeness (QED) is 0.776. The zero-order valence-corrected chi connectivity index (χ0v) is 16.4. The van der Waals surface area contributed by atoms with Crippen LogP contribution in [0.25, 0.3) is 0 Å². The van der Waals surface area contributed by atoms with Crippen LogP contribution in [0.4, 0.5) is 5.69 Å². The third-order valence-electron chi connectivity index (χ3n) is 4.63. The van der Waals surface area contributed by atoms with Crippen molar-refractivity contribution in [3.8, 4) is 0 Å². The van der Waals surface area contributed by atoms with Crippen molar-refractivity contribution in [2.75, 3.05) is 19.0 Å². The summed E-state index contributed by atoms with van der Waals surface area (Å²) in [6, 6.07) is 13.2. The number of aryl methyl sites for hydroxylation is 1. The van der Waals surface area contributed by atoms with E-state index in [-0.39, 0.29) is 18.4 Å². The van der Waals surface area contributed by atoms with Gasteiger partial charge in [-0.2, -0.15) is 0 Å². The number of amides is 1. The molecule has 0 fully saturated rings. The van der Waals surface area contributed by atoms with Crippen LogP contribution in [0.15, 0.2) is 46.9 Å². The van der Waals surface area contributed by atoms with Gasteiger partial charge < -0.3 is 10.1 Å². The van der Waals surface area contributed by atoms with Gasteiger partial charge in [-0.05, 0) is 48.2 Å².